The number of benzene rings is 7. The maximum Gasteiger partial charge on any atom is 0.160 e. The molecule has 1 aliphatic heterocycles. The summed E-state index contributed by atoms with van der Waals surface area (Å²) in [5.74, 6) is 0.728. The fourth-order valence-electron chi connectivity index (χ4n) is 9.39. The van der Waals surface area contributed by atoms with Gasteiger partial charge < -0.3 is 0 Å². The summed E-state index contributed by atoms with van der Waals surface area (Å²) in [5.41, 5.74) is 17.8. The summed E-state index contributed by atoms with van der Waals surface area (Å²) in [4.78, 5) is 13.2. The summed E-state index contributed by atoms with van der Waals surface area (Å²) in [6.45, 7) is 4.67. The van der Waals surface area contributed by atoms with Gasteiger partial charge in [-0.1, -0.05) is 177 Å². The molecule has 0 unspecified atom stereocenters. The maximum absolute atomic E-state index is 5.38. The third-order valence-electron chi connectivity index (χ3n) is 11.8. The first-order chi connectivity index (χ1) is 26.0. The molecule has 1 spiro atoms. The molecule has 0 radical (unpaired) electrons. The monoisotopic (exact) mass is 694 g/mol. The largest absolute Gasteiger partial charge is 0.228 e. The molecule has 3 heteroatoms. The van der Waals surface area contributed by atoms with Crippen LogP contribution in [-0.2, 0) is 10.8 Å². The molecule has 0 atom stereocenters. The van der Waals surface area contributed by atoms with E-state index in [4.69, 9.17) is 9.97 Å². The Kier molecular flexibility index (Phi) is 6.48. The summed E-state index contributed by atoms with van der Waals surface area (Å²) < 4.78 is 0. The Labute approximate surface area is 314 Å². The molecule has 3 aliphatic rings. The van der Waals surface area contributed by atoms with Gasteiger partial charge in [0.05, 0.1) is 16.8 Å². The number of rotatable bonds is 3. The lowest BCUT2D eigenvalue weighted by atomic mass is 9.67. The number of hydrogen-bond acceptors (Lipinski definition) is 3. The van der Waals surface area contributed by atoms with Crippen molar-refractivity contribution in [3.8, 4) is 56.2 Å². The third-order valence-corrected chi connectivity index (χ3v) is 13.0. The van der Waals surface area contributed by atoms with Gasteiger partial charge in [-0.05, 0) is 73.8 Å². The first kappa shape index (κ1) is 30.6. The minimum atomic E-state index is -0.445. The molecular formula is C50H34N2S. The smallest absolute Gasteiger partial charge is 0.160 e. The lowest BCUT2D eigenvalue weighted by Gasteiger charge is -2.40. The molecular weight excluding hydrogens is 661 g/mol. The average molecular weight is 695 g/mol. The molecule has 53 heavy (non-hydrogen) atoms. The Morgan fingerprint density at radius 1 is 0.396 bits per heavy atom. The summed E-state index contributed by atoms with van der Waals surface area (Å²) in [6.07, 6.45) is 0. The van der Waals surface area contributed by atoms with Crippen LogP contribution >= 0.6 is 11.8 Å². The van der Waals surface area contributed by atoms with E-state index in [0.717, 1.165) is 33.9 Å². The molecule has 2 nitrogen and oxygen atoms in total. The van der Waals surface area contributed by atoms with Crippen molar-refractivity contribution in [3.05, 3.63) is 203 Å². The SMILES string of the molecule is CC1(C)c2ccccc2-c2ccc(-c3cc(-c4cccc5c4Sc4ccccc4C54c5ccccc5-c5ccccc54)nc(-c4ccccc4)n3)cc21. The van der Waals surface area contributed by atoms with E-state index < -0.39 is 5.41 Å². The Balaban J connectivity index is 1.16. The summed E-state index contributed by atoms with van der Waals surface area (Å²) >= 11 is 1.87. The van der Waals surface area contributed by atoms with Crippen LogP contribution in [0.25, 0.3) is 56.2 Å². The van der Waals surface area contributed by atoms with Crippen molar-refractivity contribution in [2.24, 2.45) is 0 Å². The van der Waals surface area contributed by atoms with Crippen LogP contribution in [0.4, 0.5) is 0 Å². The average Bonchev–Trinajstić information content (AvgIpc) is 3.63. The molecule has 0 N–H and O–H groups in total. The highest BCUT2D eigenvalue weighted by Gasteiger charge is 2.50. The zero-order valence-corrected chi connectivity index (χ0v) is 30.3. The summed E-state index contributed by atoms with van der Waals surface area (Å²) in [6, 6.07) is 62.1. The van der Waals surface area contributed by atoms with Crippen LogP contribution in [0.2, 0.25) is 0 Å². The second-order valence-electron chi connectivity index (χ2n) is 14.9. The van der Waals surface area contributed by atoms with Crippen molar-refractivity contribution >= 4 is 11.8 Å². The fourth-order valence-corrected chi connectivity index (χ4v) is 10.7. The first-order valence-corrected chi connectivity index (χ1v) is 19.1. The topological polar surface area (TPSA) is 25.8 Å². The number of hydrogen-bond donors (Lipinski definition) is 0. The highest BCUT2D eigenvalue weighted by molar-refractivity contribution is 7.99. The van der Waals surface area contributed by atoms with Gasteiger partial charge in [-0.15, -0.1) is 0 Å². The number of aromatic nitrogens is 2. The van der Waals surface area contributed by atoms with Gasteiger partial charge in [0.25, 0.3) is 0 Å². The second kappa shape index (κ2) is 11.2. The molecule has 0 amide bonds. The van der Waals surface area contributed by atoms with Gasteiger partial charge in [-0.3, -0.25) is 0 Å². The molecule has 0 saturated heterocycles. The lowest BCUT2D eigenvalue weighted by molar-refractivity contribution is 0.660. The van der Waals surface area contributed by atoms with Gasteiger partial charge >= 0.3 is 0 Å². The van der Waals surface area contributed by atoms with Crippen molar-refractivity contribution in [1.82, 2.24) is 9.97 Å². The fraction of sp³-hybridized carbons (Fsp3) is 0.0800. The van der Waals surface area contributed by atoms with Crippen LogP contribution in [0.5, 0.6) is 0 Å². The second-order valence-corrected chi connectivity index (χ2v) is 15.9. The number of nitrogens with zero attached hydrogens (tertiary/aromatic N) is 2. The van der Waals surface area contributed by atoms with Crippen molar-refractivity contribution in [2.75, 3.05) is 0 Å². The molecule has 1 aromatic heterocycles. The van der Waals surface area contributed by atoms with Crippen molar-refractivity contribution in [3.63, 3.8) is 0 Å². The Hall–Kier alpha value is -6.03. The maximum atomic E-state index is 5.38. The van der Waals surface area contributed by atoms with Crippen molar-refractivity contribution < 1.29 is 0 Å². The van der Waals surface area contributed by atoms with Crippen LogP contribution in [0.1, 0.15) is 47.2 Å². The van der Waals surface area contributed by atoms with Gasteiger partial charge in [0.15, 0.2) is 5.82 Å². The van der Waals surface area contributed by atoms with E-state index >= 15 is 0 Å². The predicted molar refractivity (Wildman–Crippen MR) is 217 cm³/mol. The molecule has 7 aromatic carbocycles. The Bertz CT molecular complexity index is 2750. The third kappa shape index (κ3) is 4.23. The van der Waals surface area contributed by atoms with Crippen LogP contribution < -0.4 is 0 Å². The molecule has 0 bridgehead atoms. The highest BCUT2D eigenvalue weighted by Crippen LogP contribution is 2.63. The Morgan fingerprint density at radius 3 is 1.68 bits per heavy atom. The van der Waals surface area contributed by atoms with E-state index in [-0.39, 0.29) is 5.41 Å². The minimum Gasteiger partial charge on any atom is -0.228 e. The molecule has 250 valence electrons. The van der Waals surface area contributed by atoms with Gasteiger partial charge in [0.1, 0.15) is 0 Å². The number of fused-ring (bicyclic) bond motifs is 12. The molecule has 11 rings (SSSR count). The zero-order chi connectivity index (χ0) is 35.3. The zero-order valence-electron chi connectivity index (χ0n) is 29.5. The van der Waals surface area contributed by atoms with Crippen molar-refractivity contribution in [1.29, 1.82) is 0 Å². The van der Waals surface area contributed by atoms with E-state index in [1.807, 2.05) is 17.8 Å². The first-order valence-electron chi connectivity index (χ1n) is 18.3. The lowest BCUT2D eigenvalue weighted by Crippen LogP contribution is -2.32. The summed E-state index contributed by atoms with van der Waals surface area (Å²) in [7, 11) is 0. The van der Waals surface area contributed by atoms with Crippen LogP contribution in [0.15, 0.2) is 180 Å². The Morgan fingerprint density at radius 2 is 0.943 bits per heavy atom. The molecule has 8 aromatic rings. The van der Waals surface area contributed by atoms with E-state index in [1.165, 1.54) is 65.4 Å². The molecule has 2 heterocycles. The van der Waals surface area contributed by atoms with E-state index in [9.17, 15) is 0 Å². The van der Waals surface area contributed by atoms with Gasteiger partial charge in [0, 0.05) is 31.9 Å². The molecule has 2 aliphatic carbocycles. The summed E-state index contributed by atoms with van der Waals surface area (Å²) in [5, 5.41) is 0. The minimum absolute atomic E-state index is 0.106. The van der Waals surface area contributed by atoms with Crippen LogP contribution in [0, 0.1) is 0 Å². The standard InChI is InChI=1S/C50H34N2S/c1-49(2)38-21-9-6-17-33(38)36-28-27-32(29-43(36)49)44-30-45(52-48(51-44)31-15-4-3-5-16-31)37-20-14-25-42-47(37)53-46-26-13-12-24-41(46)50(42)39-22-10-7-18-34(39)35-19-8-11-23-40(35)50/h3-30H,1-2H3. The van der Waals surface area contributed by atoms with Gasteiger partial charge in [0.2, 0.25) is 0 Å². The van der Waals surface area contributed by atoms with E-state index in [2.05, 4.69) is 178 Å². The van der Waals surface area contributed by atoms with Gasteiger partial charge in [-0.2, -0.15) is 0 Å². The quantitative estimate of drug-likeness (QED) is 0.184. The van der Waals surface area contributed by atoms with Gasteiger partial charge in [-0.25, -0.2) is 9.97 Å². The molecule has 0 fully saturated rings. The van der Waals surface area contributed by atoms with Crippen molar-refractivity contribution in [2.45, 2.75) is 34.5 Å². The predicted octanol–water partition coefficient (Wildman–Crippen LogP) is 12.6. The van der Waals surface area contributed by atoms with E-state index in [0.29, 0.717) is 0 Å². The normalized spacial score (nSPS) is 14.8. The molecule has 0 saturated carbocycles. The highest BCUT2D eigenvalue weighted by atomic mass is 32.2. The van der Waals surface area contributed by atoms with E-state index in [1.54, 1.807) is 0 Å². The van der Waals surface area contributed by atoms with Crippen LogP contribution in [0.3, 0.4) is 0 Å². The van der Waals surface area contributed by atoms with Crippen LogP contribution in [-0.4, -0.2) is 9.97 Å².